The number of carbonyl (C=O) groups excluding carboxylic acids is 1. The first kappa shape index (κ1) is 13.9. The minimum absolute atomic E-state index is 0.0906. The van der Waals surface area contributed by atoms with Gasteiger partial charge < -0.3 is 15.8 Å². The number of amides is 1. The molecule has 0 saturated heterocycles. The highest BCUT2D eigenvalue weighted by Gasteiger charge is 2.12. The van der Waals surface area contributed by atoms with Gasteiger partial charge in [-0.1, -0.05) is 12.2 Å². The molecule has 0 aliphatic carbocycles. The van der Waals surface area contributed by atoms with Gasteiger partial charge in [-0.05, 0) is 30.7 Å². The first-order valence-electron chi connectivity index (χ1n) is 5.33. The van der Waals surface area contributed by atoms with Crippen molar-refractivity contribution in [3.63, 3.8) is 0 Å². The van der Waals surface area contributed by atoms with Gasteiger partial charge >= 0.3 is 0 Å². The van der Waals surface area contributed by atoms with E-state index in [1.807, 2.05) is 5.38 Å². The number of hydrogen-bond donors (Lipinski definition) is 2. The molecule has 0 radical (unpaired) electrons. The van der Waals surface area contributed by atoms with Crippen LogP contribution < -0.4 is 15.8 Å². The lowest BCUT2D eigenvalue weighted by Crippen LogP contribution is -2.24. The Morgan fingerprint density at radius 2 is 2.35 bits per heavy atom. The van der Waals surface area contributed by atoms with Gasteiger partial charge in [-0.3, -0.25) is 4.79 Å². The van der Waals surface area contributed by atoms with Gasteiger partial charge in [-0.25, -0.2) is 0 Å². The van der Waals surface area contributed by atoms with Gasteiger partial charge in [0.25, 0.3) is 5.91 Å². The smallest absolute Gasteiger partial charge is 0.265 e. The van der Waals surface area contributed by atoms with E-state index in [1.54, 1.807) is 13.2 Å². The quantitative estimate of drug-likeness (QED) is 0.588. The number of nitrogens with two attached hydrogens (primary N) is 1. The standard InChI is InChI=1S/C11H16N2O2S2/c1-15-8-5-7-17-10(8)11(14)13-6-3-2-4-9(12)16/h5,7H,2-4,6H2,1H3,(H2,12,16)(H,13,14). The third-order valence-corrected chi connectivity index (χ3v) is 3.29. The molecule has 1 heterocycles. The van der Waals surface area contributed by atoms with Crippen LogP contribution >= 0.6 is 23.6 Å². The Hall–Kier alpha value is -1.14. The second kappa shape index (κ2) is 7.24. The van der Waals surface area contributed by atoms with Crippen molar-refractivity contribution in [2.24, 2.45) is 5.73 Å². The van der Waals surface area contributed by atoms with Crippen LogP contribution in [-0.4, -0.2) is 24.6 Å². The highest BCUT2D eigenvalue weighted by Crippen LogP contribution is 2.23. The maximum atomic E-state index is 11.8. The van der Waals surface area contributed by atoms with Crippen LogP contribution in [0.2, 0.25) is 0 Å². The van der Waals surface area contributed by atoms with Crippen LogP contribution in [0.15, 0.2) is 11.4 Å². The fourth-order valence-electron chi connectivity index (χ4n) is 1.33. The number of nitrogens with one attached hydrogen (secondary N) is 1. The molecule has 0 aliphatic heterocycles. The van der Waals surface area contributed by atoms with Crippen LogP contribution in [-0.2, 0) is 0 Å². The van der Waals surface area contributed by atoms with Gasteiger partial charge in [-0.2, -0.15) is 0 Å². The number of hydrogen-bond acceptors (Lipinski definition) is 4. The zero-order valence-electron chi connectivity index (χ0n) is 9.69. The molecule has 3 N–H and O–H groups in total. The summed E-state index contributed by atoms with van der Waals surface area (Å²) >= 11 is 6.14. The van der Waals surface area contributed by atoms with Gasteiger partial charge in [-0.15, -0.1) is 11.3 Å². The number of ether oxygens (including phenoxy) is 1. The SMILES string of the molecule is COc1ccsc1C(=O)NCCCCC(N)=S. The topological polar surface area (TPSA) is 64.3 Å². The minimum atomic E-state index is -0.0906. The van der Waals surface area contributed by atoms with Gasteiger partial charge in [0.05, 0.1) is 12.1 Å². The molecule has 0 saturated carbocycles. The minimum Gasteiger partial charge on any atom is -0.495 e. The predicted molar refractivity (Wildman–Crippen MR) is 73.8 cm³/mol. The van der Waals surface area contributed by atoms with Crippen molar-refractivity contribution in [2.45, 2.75) is 19.3 Å². The van der Waals surface area contributed by atoms with E-state index in [1.165, 1.54) is 11.3 Å². The Bertz CT molecular complexity index is 391. The second-order valence-corrected chi connectivity index (χ2v) is 4.94. The highest BCUT2D eigenvalue weighted by atomic mass is 32.1. The van der Waals surface area contributed by atoms with Crippen molar-refractivity contribution in [3.8, 4) is 5.75 Å². The Kier molecular flexibility index (Phi) is 5.93. The molecule has 0 aliphatic rings. The van der Waals surface area contributed by atoms with E-state index in [2.05, 4.69) is 5.32 Å². The average Bonchev–Trinajstić information content (AvgIpc) is 2.75. The Morgan fingerprint density at radius 3 is 3.00 bits per heavy atom. The Morgan fingerprint density at radius 1 is 1.59 bits per heavy atom. The molecule has 0 atom stereocenters. The first-order valence-corrected chi connectivity index (χ1v) is 6.62. The molecule has 0 spiro atoms. The van der Waals surface area contributed by atoms with Gasteiger partial charge in [0.15, 0.2) is 0 Å². The van der Waals surface area contributed by atoms with Crippen LogP contribution in [0.25, 0.3) is 0 Å². The Balaban J connectivity index is 2.28. The maximum Gasteiger partial charge on any atom is 0.265 e. The zero-order valence-corrected chi connectivity index (χ0v) is 11.3. The zero-order chi connectivity index (χ0) is 12.7. The number of unbranched alkanes of at least 4 members (excludes halogenated alkanes) is 1. The van der Waals surface area contributed by atoms with E-state index >= 15 is 0 Å². The summed E-state index contributed by atoms with van der Waals surface area (Å²) in [7, 11) is 1.56. The van der Waals surface area contributed by atoms with Crippen molar-refractivity contribution in [2.75, 3.05) is 13.7 Å². The molecule has 0 unspecified atom stereocenters. The predicted octanol–water partition coefficient (Wildman–Crippen LogP) is 1.94. The van der Waals surface area contributed by atoms with Gasteiger partial charge in [0, 0.05) is 6.54 Å². The van der Waals surface area contributed by atoms with Crippen molar-refractivity contribution in [3.05, 3.63) is 16.3 Å². The number of rotatable bonds is 7. The molecule has 6 heteroatoms. The average molecular weight is 272 g/mol. The van der Waals surface area contributed by atoms with Crippen LogP contribution in [0.1, 0.15) is 28.9 Å². The van der Waals surface area contributed by atoms with Crippen molar-refractivity contribution in [1.29, 1.82) is 0 Å². The number of thiophene rings is 1. The molecule has 0 aromatic carbocycles. The van der Waals surface area contributed by atoms with E-state index in [-0.39, 0.29) is 5.91 Å². The van der Waals surface area contributed by atoms with Crippen molar-refractivity contribution >= 4 is 34.5 Å². The van der Waals surface area contributed by atoms with E-state index in [0.717, 1.165) is 19.3 Å². The summed E-state index contributed by atoms with van der Waals surface area (Å²) in [4.78, 5) is 12.9. The largest absolute Gasteiger partial charge is 0.495 e. The molecule has 1 aromatic heterocycles. The molecule has 1 amide bonds. The number of methoxy groups -OCH3 is 1. The summed E-state index contributed by atoms with van der Waals surface area (Å²) in [6, 6.07) is 1.78. The molecule has 4 nitrogen and oxygen atoms in total. The molecule has 94 valence electrons. The highest BCUT2D eigenvalue weighted by molar-refractivity contribution is 7.80. The fourth-order valence-corrected chi connectivity index (χ4v) is 2.25. The molecule has 1 aromatic rings. The second-order valence-electron chi connectivity index (χ2n) is 3.50. The van der Waals surface area contributed by atoms with E-state index in [4.69, 9.17) is 22.7 Å². The van der Waals surface area contributed by atoms with Crippen molar-refractivity contribution < 1.29 is 9.53 Å². The van der Waals surface area contributed by atoms with Gasteiger partial charge in [0.2, 0.25) is 0 Å². The van der Waals surface area contributed by atoms with Crippen LogP contribution in [0, 0.1) is 0 Å². The number of thiocarbonyl (C=S) groups is 1. The summed E-state index contributed by atoms with van der Waals surface area (Å²) in [6.07, 6.45) is 2.50. The molecule has 17 heavy (non-hydrogen) atoms. The molecular formula is C11H16N2O2S2. The molecule has 0 bridgehead atoms. The Labute approximate surface area is 110 Å². The monoisotopic (exact) mass is 272 g/mol. The van der Waals surface area contributed by atoms with Crippen molar-refractivity contribution in [1.82, 2.24) is 5.32 Å². The summed E-state index contributed by atoms with van der Waals surface area (Å²) in [5.41, 5.74) is 5.38. The lowest BCUT2D eigenvalue weighted by molar-refractivity contribution is 0.0954. The molecule has 0 fully saturated rings. The maximum absolute atomic E-state index is 11.8. The third kappa shape index (κ3) is 4.70. The normalized spacial score (nSPS) is 9.94. The number of carbonyl (C=O) groups is 1. The van der Waals surface area contributed by atoms with Crippen LogP contribution in [0.4, 0.5) is 0 Å². The third-order valence-electron chi connectivity index (χ3n) is 2.19. The van der Waals surface area contributed by atoms with E-state index in [9.17, 15) is 4.79 Å². The summed E-state index contributed by atoms with van der Waals surface area (Å²) in [5.74, 6) is 0.530. The van der Waals surface area contributed by atoms with E-state index in [0.29, 0.717) is 22.2 Å². The van der Waals surface area contributed by atoms with Crippen LogP contribution in [0.5, 0.6) is 5.75 Å². The lowest BCUT2D eigenvalue weighted by Gasteiger charge is -2.05. The first-order chi connectivity index (χ1) is 8.15. The van der Waals surface area contributed by atoms with Gasteiger partial charge in [0.1, 0.15) is 10.6 Å². The summed E-state index contributed by atoms with van der Waals surface area (Å²) in [5, 5.41) is 4.67. The summed E-state index contributed by atoms with van der Waals surface area (Å²) < 4.78 is 5.08. The molecular weight excluding hydrogens is 256 g/mol. The summed E-state index contributed by atoms with van der Waals surface area (Å²) in [6.45, 7) is 0.627. The van der Waals surface area contributed by atoms with E-state index < -0.39 is 0 Å². The lowest BCUT2D eigenvalue weighted by atomic mass is 10.2. The van der Waals surface area contributed by atoms with Crippen LogP contribution in [0.3, 0.4) is 0 Å². The fraction of sp³-hybridized carbons (Fsp3) is 0.455. The molecule has 1 rings (SSSR count).